The number of amides is 1. The number of H-pyrrole nitrogens is 1. The molecule has 2 aromatic carbocycles. The van der Waals surface area contributed by atoms with Gasteiger partial charge in [0.1, 0.15) is 5.39 Å². The number of carbonyl (C=O) groups is 1. The highest BCUT2D eigenvalue weighted by Crippen LogP contribution is 2.41. The van der Waals surface area contributed by atoms with Crippen molar-refractivity contribution in [2.75, 3.05) is 46.4 Å². The molecule has 1 aromatic heterocycles. The normalized spacial score (nSPS) is 15.1. The van der Waals surface area contributed by atoms with Crippen LogP contribution in [0.25, 0.3) is 10.9 Å². The predicted molar refractivity (Wildman–Crippen MR) is 132 cm³/mol. The number of fused-ring (bicyclic) bond motifs is 1. The van der Waals surface area contributed by atoms with Gasteiger partial charge < -0.3 is 34.1 Å². The van der Waals surface area contributed by atoms with E-state index in [1.165, 1.54) is 21.3 Å². The summed E-state index contributed by atoms with van der Waals surface area (Å²) in [4.78, 5) is 34.7. The number of hydrogen-bond acceptors (Lipinski definition) is 8. The van der Waals surface area contributed by atoms with Crippen molar-refractivity contribution >= 4 is 22.8 Å². The van der Waals surface area contributed by atoms with Gasteiger partial charge in [-0.15, -0.1) is 0 Å². The first-order valence-corrected chi connectivity index (χ1v) is 11.4. The highest BCUT2D eigenvalue weighted by molar-refractivity contribution is 5.94. The second kappa shape index (κ2) is 10.6. The number of carbonyl (C=O) groups excluding carboxylic acids is 1. The number of methoxy groups -OCH3 is 3. The summed E-state index contributed by atoms with van der Waals surface area (Å²) < 4.78 is 21.8. The minimum atomic E-state index is -0.458. The molecule has 1 atom stereocenters. The van der Waals surface area contributed by atoms with Crippen molar-refractivity contribution in [3.05, 3.63) is 51.8 Å². The average molecular weight is 483 g/mol. The zero-order valence-electron chi connectivity index (χ0n) is 20.3. The lowest BCUT2D eigenvalue weighted by atomic mass is 10.1. The van der Waals surface area contributed by atoms with E-state index in [0.29, 0.717) is 41.6 Å². The van der Waals surface area contributed by atoms with E-state index in [0.717, 1.165) is 25.0 Å². The van der Waals surface area contributed by atoms with E-state index in [2.05, 4.69) is 15.3 Å². The largest absolute Gasteiger partial charge is 0.493 e. The monoisotopic (exact) mass is 482 g/mol. The van der Waals surface area contributed by atoms with Gasteiger partial charge in [0, 0.05) is 38.4 Å². The Labute approximate surface area is 203 Å². The highest BCUT2D eigenvalue weighted by Gasteiger charge is 2.21. The number of anilines is 1. The summed E-state index contributed by atoms with van der Waals surface area (Å²) >= 11 is 0. The summed E-state index contributed by atoms with van der Waals surface area (Å²) in [6, 6.07) is 9.04. The first kappa shape index (κ1) is 24.3. The summed E-state index contributed by atoms with van der Waals surface area (Å²) in [6.45, 7) is 1.68. The first-order valence-electron chi connectivity index (χ1n) is 11.4. The maximum absolute atomic E-state index is 12.9. The fourth-order valence-electron chi connectivity index (χ4n) is 4.22. The number of rotatable bonds is 9. The third kappa shape index (κ3) is 5.17. The molecule has 10 nitrogen and oxygen atoms in total. The van der Waals surface area contributed by atoms with Gasteiger partial charge in [0.2, 0.25) is 11.7 Å². The standard InChI is InChI=1S/C25H30N4O6/c1-29(14-15-7-5-8-16(11-15)23(30)26-13-17-9-6-10-35-17)25-27-18-12-19(32-2)21(33-3)22(34-4)20(18)24(31)28-25/h5,7-8,11-12,17H,6,9-10,13-14H2,1-4H3,(H,26,30)(H,27,28,31). The van der Waals surface area contributed by atoms with E-state index in [9.17, 15) is 9.59 Å². The van der Waals surface area contributed by atoms with E-state index in [-0.39, 0.29) is 23.1 Å². The van der Waals surface area contributed by atoms with Crippen molar-refractivity contribution in [1.82, 2.24) is 15.3 Å². The summed E-state index contributed by atoms with van der Waals surface area (Å²) in [5, 5.41) is 3.21. The molecular formula is C25H30N4O6. The zero-order valence-corrected chi connectivity index (χ0v) is 20.3. The molecule has 2 heterocycles. The molecule has 0 bridgehead atoms. The second-order valence-corrected chi connectivity index (χ2v) is 8.33. The first-order chi connectivity index (χ1) is 16.9. The summed E-state index contributed by atoms with van der Waals surface area (Å²) in [5.41, 5.74) is 1.50. The molecular weight excluding hydrogens is 452 g/mol. The molecule has 1 amide bonds. The van der Waals surface area contributed by atoms with Gasteiger partial charge in [-0.3, -0.25) is 9.59 Å². The molecule has 10 heteroatoms. The van der Waals surface area contributed by atoms with Crippen LogP contribution in [0.3, 0.4) is 0 Å². The van der Waals surface area contributed by atoms with Crippen molar-refractivity contribution in [1.29, 1.82) is 0 Å². The Balaban J connectivity index is 1.55. The number of nitrogens with one attached hydrogen (secondary N) is 2. The van der Waals surface area contributed by atoms with Crippen LogP contribution in [0.1, 0.15) is 28.8 Å². The molecule has 35 heavy (non-hydrogen) atoms. The van der Waals surface area contributed by atoms with Gasteiger partial charge in [-0.1, -0.05) is 12.1 Å². The number of ether oxygens (including phenoxy) is 4. The van der Waals surface area contributed by atoms with Crippen LogP contribution in [-0.2, 0) is 11.3 Å². The molecule has 4 rings (SSSR count). The quantitative estimate of drug-likeness (QED) is 0.478. The summed E-state index contributed by atoms with van der Waals surface area (Å²) in [5.74, 6) is 1.23. The van der Waals surface area contributed by atoms with Gasteiger partial charge in [0.05, 0.1) is 33.0 Å². The Bertz CT molecular complexity index is 1270. The SMILES string of the molecule is COc1cc2[nH]c(N(C)Cc3cccc(C(=O)NCC4CCCO4)c3)nc(=O)c2c(OC)c1OC. The minimum Gasteiger partial charge on any atom is -0.493 e. The minimum absolute atomic E-state index is 0.0845. The number of nitrogens with zero attached hydrogens (tertiary/aromatic N) is 2. The molecule has 0 saturated carbocycles. The molecule has 1 aliphatic rings. The van der Waals surface area contributed by atoms with E-state index in [4.69, 9.17) is 18.9 Å². The predicted octanol–water partition coefficient (Wildman–Crippen LogP) is 2.49. The average Bonchev–Trinajstić information content (AvgIpc) is 3.39. The molecule has 2 N–H and O–H groups in total. The maximum Gasteiger partial charge on any atom is 0.286 e. The van der Waals surface area contributed by atoms with Crippen molar-refractivity contribution in [3.8, 4) is 17.2 Å². The van der Waals surface area contributed by atoms with Crippen molar-refractivity contribution in [2.24, 2.45) is 0 Å². The van der Waals surface area contributed by atoms with E-state index < -0.39 is 5.56 Å². The lowest BCUT2D eigenvalue weighted by molar-refractivity contribution is 0.0857. The van der Waals surface area contributed by atoms with Crippen molar-refractivity contribution in [2.45, 2.75) is 25.5 Å². The Hall–Kier alpha value is -3.79. The third-order valence-electron chi connectivity index (χ3n) is 5.98. The molecule has 1 saturated heterocycles. The molecule has 0 spiro atoms. The van der Waals surface area contributed by atoms with E-state index in [1.807, 2.05) is 25.2 Å². The molecule has 1 aliphatic heterocycles. The smallest absolute Gasteiger partial charge is 0.286 e. The fourth-order valence-corrected chi connectivity index (χ4v) is 4.22. The van der Waals surface area contributed by atoms with Crippen LogP contribution < -0.4 is 30.0 Å². The lowest BCUT2D eigenvalue weighted by Gasteiger charge is -2.20. The highest BCUT2D eigenvalue weighted by atomic mass is 16.5. The number of aromatic amines is 1. The van der Waals surface area contributed by atoms with Crippen LogP contribution in [0.15, 0.2) is 35.1 Å². The number of benzene rings is 2. The second-order valence-electron chi connectivity index (χ2n) is 8.33. The van der Waals surface area contributed by atoms with Gasteiger partial charge in [-0.05, 0) is 30.5 Å². The Morgan fingerprint density at radius 3 is 2.69 bits per heavy atom. The maximum atomic E-state index is 12.9. The van der Waals surface area contributed by atoms with Crippen LogP contribution in [0, 0.1) is 0 Å². The Kier molecular flexibility index (Phi) is 7.40. The topological polar surface area (TPSA) is 115 Å². The molecule has 0 radical (unpaired) electrons. The van der Waals surface area contributed by atoms with Crippen LogP contribution in [0.4, 0.5) is 5.95 Å². The Morgan fingerprint density at radius 2 is 2.00 bits per heavy atom. The van der Waals surface area contributed by atoms with Crippen LogP contribution >= 0.6 is 0 Å². The molecule has 186 valence electrons. The zero-order chi connectivity index (χ0) is 24.9. The van der Waals surface area contributed by atoms with E-state index >= 15 is 0 Å². The Morgan fingerprint density at radius 1 is 1.20 bits per heavy atom. The van der Waals surface area contributed by atoms with E-state index in [1.54, 1.807) is 17.0 Å². The fraction of sp³-hybridized carbons (Fsp3) is 0.400. The van der Waals surface area contributed by atoms with Crippen molar-refractivity contribution in [3.63, 3.8) is 0 Å². The van der Waals surface area contributed by atoms with Gasteiger partial charge in [-0.2, -0.15) is 4.98 Å². The van der Waals surface area contributed by atoms with Crippen LogP contribution in [-0.4, -0.2) is 63.5 Å². The molecule has 3 aromatic rings. The van der Waals surface area contributed by atoms with Crippen molar-refractivity contribution < 1.29 is 23.7 Å². The number of hydrogen-bond donors (Lipinski definition) is 2. The molecule has 1 fully saturated rings. The van der Waals surface area contributed by atoms with Gasteiger partial charge >= 0.3 is 0 Å². The van der Waals surface area contributed by atoms with Gasteiger partial charge in [0.25, 0.3) is 11.5 Å². The molecule has 1 unspecified atom stereocenters. The molecule has 0 aliphatic carbocycles. The van der Waals surface area contributed by atoms with Crippen LogP contribution in [0.5, 0.6) is 17.2 Å². The summed E-state index contributed by atoms with van der Waals surface area (Å²) in [6.07, 6.45) is 2.08. The summed E-state index contributed by atoms with van der Waals surface area (Å²) in [7, 11) is 6.26. The van der Waals surface area contributed by atoms with Crippen LogP contribution in [0.2, 0.25) is 0 Å². The van der Waals surface area contributed by atoms with Gasteiger partial charge in [0.15, 0.2) is 11.5 Å². The van der Waals surface area contributed by atoms with Gasteiger partial charge in [-0.25, -0.2) is 0 Å². The third-order valence-corrected chi connectivity index (χ3v) is 5.98. The number of aromatic nitrogens is 2. The lowest BCUT2D eigenvalue weighted by Crippen LogP contribution is -2.31.